The standard InChI is InChI=1S/C20H21N5O2S/c1-2-10-24-15-6-3-4-7-16(15)25(20(24)27)11-9-19(26)21-18-13-14(22-23-18)17-8-5-12-28-17/h3-8,12-13H,2,9-11H2,1H3,(H2,21,22,23,26). The van der Waals surface area contributed by atoms with E-state index in [-0.39, 0.29) is 18.0 Å². The molecule has 1 amide bonds. The average Bonchev–Trinajstić information content (AvgIpc) is 3.42. The normalized spacial score (nSPS) is 11.2. The highest BCUT2D eigenvalue weighted by Gasteiger charge is 2.14. The lowest BCUT2D eigenvalue weighted by molar-refractivity contribution is -0.116. The number of hydrogen-bond donors (Lipinski definition) is 2. The Morgan fingerprint density at radius 1 is 1.14 bits per heavy atom. The molecule has 0 bridgehead atoms. The molecule has 3 heterocycles. The molecule has 0 saturated heterocycles. The van der Waals surface area contributed by atoms with Crippen LogP contribution in [0.15, 0.2) is 52.6 Å². The van der Waals surface area contributed by atoms with Crippen molar-refractivity contribution in [2.45, 2.75) is 32.9 Å². The number of aryl methyl sites for hydroxylation is 2. The fraction of sp³-hybridized carbons (Fsp3) is 0.250. The Balaban J connectivity index is 1.47. The van der Waals surface area contributed by atoms with Gasteiger partial charge < -0.3 is 5.32 Å². The van der Waals surface area contributed by atoms with E-state index in [1.165, 1.54) is 0 Å². The number of rotatable bonds is 7. The minimum absolute atomic E-state index is 0.0735. The van der Waals surface area contributed by atoms with Gasteiger partial charge in [-0.1, -0.05) is 25.1 Å². The maximum Gasteiger partial charge on any atom is 0.329 e. The van der Waals surface area contributed by atoms with E-state index in [0.717, 1.165) is 28.0 Å². The molecule has 0 fully saturated rings. The number of hydrogen-bond acceptors (Lipinski definition) is 4. The zero-order chi connectivity index (χ0) is 19.5. The topological polar surface area (TPSA) is 84.7 Å². The van der Waals surface area contributed by atoms with Gasteiger partial charge in [0.15, 0.2) is 5.82 Å². The van der Waals surface area contributed by atoms with Crippen molar-refractivity contribution in [3.63, 3.8) is 0 Å². The Hall–Kier alpha value is -3.13. The zero-order valence-electron chi connectivity index (χ0n) is 15.5. The number of nitrogens with zero attached hydrogens (tertiary/aromatic N) is 3. The fourth-order valence-electron chi connectivity index (χ4n) is 3.29. The molecule has 4 rings (SSSR count). The Bertz CT molecular complexity index is 1150. The van der Waals surface area contributed by atoms with E-state index in [2.05, 4.69) is 15.5 Å². The lowest BCUT2D eigenvalue weighted by Crippen LogP contribution is -2.26. The van der Waals surface area contributed by atoms with E-state index < -0.39 is 0 Å². The van der Waals surface area contributed by atoms with Gasteiger partial charge in [0.05, 0.1) is 21.6 Å². The Morgan fingerprint density at radius 3 is 2.57 bits per heavy atom. The number of fused-ring (bicyclic) bond motifs is 1. The molecule has 0 radical (unpaired) electrons. The predicted molar refractivity (Wildman–Crippen MR) is 112 cm³/mol. The smallest absolute Gasteiger partial charge is 0.309 e. The van der Waals surface area contributed by atoms with Gasteiger partial charge in [-0.3, -0.25) is 19.0 Å². The van der Waals surface area contributed by atoms with E-state index in [1.807, 2.05) is 54.8 Å². The van der Waals surface area contributed by atoms with Crippen molar-refractivity contribution in [3.05, 3.63) is 58.3 Å². The number of para-hydroxylation sites is 2. The highest BCUT2D eigenvalue weighted by molar-refractivity contribution is 7.13. The second kappa shape index (κ2) is 7.85. The summed E-state index contributed by atoms with van der Waals surface area (Å²) in [5.41, 5.74) is 2.55. The van der Waals surface area contributed by atoms with Crippen LogP contribution in [0.3, 0.4) is 0 Å². The van der Waals surface area contributed by atoms with Crippen LogP contribution in [-0.2, 0) is 17.9 Å². The lowest BCUT2D eigenvalue weighted by atomic mass is 10.3. The van der Waals surface area contributed by atoms with Gasteiger partial charge in [0.25, 0.3) is 0 Å². The molecule has 0 aliphatic carbocycles. The van der Waals surface area contributed by atoms with Crippen molar-refractivity contribution in [2.24, 2.45) is 0 Å². The second-order valence-electron chi connectivity index (χ2n) is 6.52. The molecule has 8 heteroatoms. The Kier molecular flexibility index (Phi) is 5.12. The number of aromatic amines is 1. The number of carbonyl (C=O) groups is 1. The lowest BCUT2D eigenvalue weighted by Gasteiger charge is -2.04. The van der Waals surface area contributed by atoms with Gasteiger partial charge >= 0.3 is 5.69 Å². The summed E-state index contributed by atoms with van der Waals surface area (Å²) in [5.74, 6) is 0.303. The zero-order valence-corrected chi connectivity index (χ0v) is 16.3. The monoisotopic (exact) mass is 395 g/mol. The van der Waals surface area contributed by atoms with E-state index in [0.29, 0.717) is 18.9 Å². The molecule has 4 aromatic rings. The number of nitrogens with one attached hydrogen (secondary N) is 2. The molecule has 28 heavy (non-hydrogen) atoms. The molecule has 2 N–H and O–H groups in total. The molecule has 0 aliphatic heterocycles. The highest BCUT2D eigenvalue weighted by atomic mass is 32.1. The van der Waals surface area contributed by atoms with Crippen LogP contribution in [0, 0.1) is 0 Å². The first-order valence-electron chi connectivity index (χ1n) is 9.24. The molecule has 0 atom stereocenters. The van der Waals surface area contributed by atoms with Crippen LogP contribution in [0.1, 0.15) is 19.8 Å². The molecule has 0 spiro atoms. The molecule has 0 aliphatic rings. The molecular weight excluding hydrogens is 374 g/mol. The van der Waals surface area contributed by atoms with Crippen molar-refractivity contribution in [1.82, 2.24) is 19.3 Å². The number of aromatic nitrogens is 4. The number of H-pyrrole nitrogens is 1. The number of amides is 1. The van der Waals surface area contributed by atoms with Crippen molar-refractivity contribution in [1.29, 1.82) is 0 Å². The third-order valence-electron chi connectivity index (χ3n) is 4.57. The van der Waals surface area contributed by atoms with Gasteiger partial charge in [-0.05, 0) is 30.0 Å². The number of carbonyl (C=O) groups excluding carboxylic acids is 1. The number of benzene rings is 1. The second-order valence-corrected chi connectivity index (χ2v) is 7.46. The van der Waals surface area contributed by atoms with Crippen LogP contribution in [-0.4, -0.2) is 25.2 Å². The summed E-state index contributed by atoms with van der Waals surface area (Å²) in [6.07, 6.45) is 1.07. The molecule has 1 aromatic carbocycles. The number of anilines is 1. The quantitative estimate of drug-likeness (QED) is 0.500. The van der Waals surface area contributed by atoms with E-state index in [1.54, 1.807) is 20.5 Å². The van der Waals surface area contributed by atoms with E-state index in [9.17, 15) is 9.59 Å². The van der Waals surface area contributed by atoms with Crippen LogP contribution in [0.25, 0.3) is 21.6 Å². The summed E-state index contributed by atoms with van der Waals surface area (Å²) in [6, 6.07) is 13.5. The molecule has 144 valence electrons. The molecule has 3 aromatic heterocycles. The fourth-order valence-corrected chi connectivity index (χ4v) is 3.98. The first-order valence-corrected chi connectivity index (χ1v) is 10.1. The predicted octanol–water partition coefficient (Wildman–Crippen LogP) is 3.69. The summed E-state index contributed by atoms with van der Waals surface area (Å²) in [5, 5.41) is 11.8. The SMILES string of the molecule is CCCn1c(=O)n(CCC(=O)Nc2cc(-c3cccs3)[nH]n2)c2ccccc21. The summed E-state index contributed by atoms with van der Waals surface area (Å²) >= 11 is 1.60. The largest absolute Gasteiger partial charge is 0.329 e. The third-order valence-corrected chi connectivity index (χ3v) is 5.47. The summed E-state index contributed by atoms with van der Waals surface area (Å²) in [4.78, 5) is 26.2. The molecule has 0 saturated carbocycles. The van der Waals surface area contributed by atoms with Crippen molar-refractivity contribution < 1.29 is 4.79 Å². The molecule has 0 unspecified atom stereocenters. The van der Waals surface area contributed by atoms with E-state index >= 15 is 0 Å². The molecular formula is C20H21N5O2S. The van der Waals surface area contributed by atoms with Gasteiger partial charge in [0, 0.05) is 25.6 Å². The van der Waals surface area contributed by atoms with Gasteiger partial charge in [-0.15, -0.1) is 11.3 Å². The van der Waals surface area contributed by atoms with Crippen molar-refractivity contribution in [2.75, 3.05) is 5.32 Å². The van der Waals surface area contributed by atoms with E-state index in [4.69, 9.17) is 0 Å². The maximum absolute atomic E-state index is 12.8. The first kappa shape index (κ1) is 18.2. The summed E-state index contributed by atoms with van der Waals surface area (Å²) in [6.45, 7) is 3.03. The maximum atomic E-state index is 12.8. The van der Waals surface area contributed by atoms with Crippen molar-refractivity contribution in [3.8, 4) is 10.6 Å². The highest BCUT2D eigenvalue weighted by Crippen LogP contribution is 2.24. The van der Waals surface area contributed by atoms with Gasteiger partial charge in [0.2, 0.25) is 5.91 Å². The van der Waals surface area contributed by atoms with Gasteiger partial charge in [-0.25, -0.2) is 4.79 Å². The van der Waals surface area contributed by atoms with Crippen LogP contribution in [0.2, 0.25) is 0 Å². The number of imidazole rings is 1. The van der Waals surface area contributed by atoms with Gasteiger partial charge in [0.1, 0.15) is 0 Å². The Morgan fingerprint density at radius 2 is 1.89 bits per heavy atom. The van der Waals surface area contributed by atoms with Gasteiger partial charge in [-0.2, -0.15) is 5.10 Å². The summed E-state index contributed by atoms with van der Waals surface area (Å²) < 4.78 is 3.44. The third kappa shape index (κ3) is 3.50. The summed E-state index contributed by atoms with van der Waals surface area (Å²) in [7, 11) is 0. The average molecular weight is 395 g/mol. The van der Waals surface area contributed by atoms with Crippen LogP contribution in [0.5, 0.6) is 0 Å². The minimum Gasteiger partial charge on any atom is -0.309 e. The Labute approximate surface area is 165 Å². The van der Waals surface area contributed by atoms with Crippen molar-refractivity contribution >= 4 is 34.1 Å². The first-order chi connectivity index (χ1) is 13.7. The van der Waals surface area contributed by atoms with Crippen LogP contribution in [0.4, 0.5) is 5.82 Å². The molecule has 7 nitrogen and oxygen atoms in total. The van der Waals surface area contributed by atoms with Crippen LogP contribution >= 0.6 is 11.3 Å². The minimum atomic E-state index is -0.177. The number of thiophene rings is 1. The van der Waals surface area contributed by atoms with Crippen LogP contribution < -0.4 is 11.0 Å².